The second-order valence-electron chi connectivity index (χ2n) is 3.62. The van der Waals surface area contributed by atoms with Gasteiger partial charge in [0, 0.05) is 6.54 Å². The van der Waals surface area contributed by atoms with E-state index in [4.69, 9.17) is 5.73 Å². The van der Waals surface area contributed by atoms with Gasteiger partial charge < -0.3 is 5.73 Å². The second kappa shape index (κ2) is 11.7. The van der Waals surface area contributed by atoms with Crippen molar-refractivity contribution in [3.05, 3.63) is 12.2 Å². The minimum atomic E-state index is 0.691. The van der Waals surface area contributed by atoms with Crippen LogP contribution in [0.15, 0.2) is 12.2 Å². The van der Waals surface area contributed by atoms with Gasteiger partial charge in [0.05, 0.1) is 0 Å². The van der Waals surface area contributed by atoms with Gasteiger partial charge in [0.1, 0.15) is 0 Å². The molecule has 78 valence electrons. The van der Waals surface area contributed by atoms with E-state index in [1.165, 1.54) is 51.4 Å². The van der Waals surface area contributed by atoms with Crippen molar-refractivity contribution in [3.8, 4) is 0 Å². The Bertz CT molecular complexity index is 108. The molecule has 0 aliphatic carbocycles. The molecule has 2 N–H and O–H groups in total. The molecule has 0 amide bonds. The summed E-state index contributed by atoms with van der Waals surface area (Å²) in [7, 11) is 0. The summed E-state index contributed by atoms with van der Waals surface area (Å²) in [6.07, 6.45) is 15.2. The molecule has 0 atom stereocenters. The summed E-state index contributed by atoms with van der Waals surface area (Å²) in [5.41, 5.74) is 5.34. The fourth-order valence-electron chi connectivity index (χ4n) is 1.43. The van der Waals surface area contributed by atoms with Crippen LogP contribution in [0.1, 0.15) is 58.3 Å². The van der Waals surface area contributed by atoms with Crippen molar-refractivity contribution in [2.45, 2.75) is 58.3 Å². The van der Waals surface area contributed by atoms with Crippen LogP contribution in [0.3, 0.4) is 0 Å². The zero-order chi connectivity index (χ0) is 9.78. The third-order valence-corrected chi connectivity index (χ3v) is 2.28. The Hall–Kier alpha value is -0.300. The van der Waals surface area contributed by atoms with Crippen LogP contribution in [0.5, 0.6) is 0 Å². The lowest BCUT2D eigenvalue weighted by Crippen LogP contribution is -1.91. The third-order valence-electron chi connectivity index (χ3n) is 2.28. The van der Waals surface area contributed by atoms with E-state index in [9.17, 15) is 0 Å². The summed E-state index contributed by atoms with van der Waals surface area (Å²) in [6.45, 7) is 2.95. The molecule has 13 heavy (non-hydrogen) atoms. The molecule has 0 spiro atoms. The van der Waals surface area contributed by atoms with E-state index in [0.717, 1.165) is 0 Å². The highest BCUT2D eigenvalue weighted by atomic mass is 14.5. The lowest BCUT2D eigenvalue weighted by Gasteiger charge is -1.98. The van der Waals surface area contributed by atoms with Gasteiger partial charge in [-0.3, -0.25) is 0 Å². The van der Waals surface area contributed by atoms with Gasteiger partial charge in [-0.25, -0.2) is 0 Å². The quantitative estimate of drug-likeness (QED) is 0.428. The normalized spacial score (nSPS) is 11.2. The van der Waals surface area contributed by atoms with Crippen LogP contribution < -0.4 is 5.73 Å². The maximum atomic E-state index is 5.34. The van der Waals surface area contributed by atoms with E-state index in [1.54, 1.807) is 0 Å². The van der Waals surface area contributed by atoms with Crippen LogP contribution in [0.2, 0.25) is 0 Å². The van der Waals surface area contributed by atoms with Gasteiger partial charge in [-0.05, 0) is 12.8 Å². The lowest BCUT2D eigenvalue weighted by molar-refractivity contribution is 0.592. The molecule has 0 aromatic rings. The standard InChI is InChI=1S/C12H25N/c1-2-3-4-5-6-7-8-9-10-11-12-13/h10-11H,2-9,12-13H2,1H3. The van der Waals surface area contributed by atoms with Crippen molar-refractivity contribution in [3.63, 3.8) is 0 Å². The number of nitrogens with two attached hydrogens (primary N) is 1. The first kappa shape index (κ1) is 12.7. The van der Waals surface area contributed by atoms with Gasteiger partial charge in [-0.15, -0.1) is 0 Å². The van der Waals surface area contributed by atoms with E-state index in [-0.39, 0.29) is 0 Å². The number of allylic oxidation sites excluding steroid dienone is 1. The van der Waals surface area contributed by atoms with Crippen molar-refractivity contribution in [1.82, 2.24) is 0 Å². The summed E-state index contributed by atoms with van der Waals surface area (Å²) in [5.74, 6) is 0. The fraction of sp³-hybridized carbons (Fsp3) is 0.833. The maximum Gasteiger partial charge on any atom is 0.0106 e. The van der Waals surface area contributed by atoms with Crippen LogP contribution >= 0.6 is 0 Å². The van der Waals surface area contributed by atoms with Gasteiger partial charge in [-0.1, -0.05) is 57.6 Å². The number of hydrogen-bond acceptors (Lipinski definition) is 1. The molecule has 0 aliphatic heterocycles. The first-order valence-corrected chi connectivity index (χ1v) is 5.77. The summed E-state index contributed by atoms with van der Waals surface area (Å²) in [4.78, 5) is 0. The van der Waals surface area contributed by atoms with Crippen molar-refractivity contribution < 1.29 is 0 Å². The molecule has 1 nitrogen and oxygen atoms in total. The SMILES string of the molecule is CCCCCCCCCC=CCN. The van der Waals surface area contributed by atoms with E-state index >= 15 is 0 Å². The van der Waals surface area contributed by atoms with Crippen molar-refractivity contribution in [2.75, 3.05) is 6.54 Å². The molecule has 0 bridgehead atoms. The Kier molecular flexibility index (Phi) is 11.4. The molecule has 0 rings (SSSR count). The van der Waals surface area contributed by atoms with Gasteiger partial charge in [-0.2, -0.15) is 0 Å². The monoisotopic (exact) mass is 183 g/mol. The smallest absolute Gasteiger partial charge is 0.0106 e. The highest BCUT2D eigenvalue weighted by Gasteiger charge is 1.88. The molecule has 0 unspecified atom stereocenters. The molecule has 0 saturated heterocycles. The van der Waals surface area contributed by atoms with Crippen molar-refractivity contribution in [2.24, 2.45) is 5.73 Å². The zero-order valence-corrected chi connectivity index (χ0v) is 9.10. The Morgan fingerprint density at radius 3 is 2.08 bits per heavy atom. The summed E-state index contributed by atoms with van der Waals surface area (Å²) in [5, 5.41) is 0. The van der Waals surface area contributed by atoms with Gasteiger partial charge in [0.2, 0.25) is 0 Å². The predicted octanol–water partition coefficient (Wildman–Crippen LogP) is 3.64. The summed E-state index contributed by atoms with van der Waals surface area (Å²) in [6, 6.07) is 0. The van der Waals surface area contributed by atoms with Gasteiger partial charge >= 0.3 is 0 Å². The largest absolute Gasteiger partial charge is 0.327 e. The minimum absolute atomic E-state index is 0.691. The van der Waals surface area contributed by atoms with Crippen molar-refractivity contribution in [1.29, 1.82) is 0 Å². The Morgan fingerprint density at radius 1 is 0.846 bits per heavy atom. The minimum Gasteiger partial charge on any atom is -0.327 e. The van der Waals surface area contributed by atoms with E-state index in [2.05, 4.69) is 19.1 Å². The molecule has 0 heterocycles. The van der Waals surface area contributed by atoms with Crippen LogP contribution in [-0.4, -0.2) is 6.54 Å². The molecule has 0 aromatic heterocycles. The number of unbranched alkanes of at least 4 members (excludes halogenated alkanes) is 7. The maximum absolute atomic E-state index is 5.34. The third kappa shape index (κ3) is 11.7. The fourth-order valence-corrected chi connectivity index (χ4v) is 1.43. The van der Waals surface area contributed by atoms with Crippen LogP contribution in [-0.2, 0) is 0 Å². The molecule has 1 heteroatoms. The summed E-state index contributed by atoms with van der Waals surface area (Å²) >= 11 is 0. The van der Waals surface area contributed by atoms with Crippen molar-refractivity contribution >= 4 is 0 Å². The van der Waals surface area contributed by atoms with E-state index < -0.39 is 0 Å². The first-order valence-electron chi connectivity index (χ1n) is 5.77. The number of rotatable bonds is 9. The van der Waals surface area contributed by atoms with Gasteiger partial charge in [0.15, 0.2) is 0 Å². The highest BCUT2D eigenvalue weighted by Crippen LogP contribution is 2.08. The Labute approximate surface area is 83.4 Å². The lowest BCUT2D eigenvalue weighted by atomic mass is 10.1. The van der Waals surface area contributed by atoms with Gasteiger partial charge in [0.25, 0.3) is 0 Å². The van der Waals surface area contributed by atoms with E-state index in [1.807, 2.05) is 0 Å². The van der Waals surface area contributed by atoms with Crippen LogP contribution in [0.25, 0.3) is 0 Å². The van der Waals surface area contributed by atoms with E-state index in [0.29, 0.717) is 6.54 Å². The molecule has 0 radical (unpaired) electrons. The number of hydrogen-bond donors (Lipinski definition) is 1. The molecule has 0 aliphatic rings. The average molecular weight is 183 g/mol. The average Bonchev–Trinajstić information content (AvgIpc) is 2.16. The highest BCUT2D eigenvalue weighted by molar-refractivity contribution is 4.81. The molecular formula is C12H25N. The first-order chi connectivity index (χ1) is 6.41. The summed E-state index contributed by atoms with van der Waals surface area (Å²) < 4.78 is 0. The Balaban J connectivity index is 2.87. The molecule has 0 fully saturated rings. The second-order valence-corrected chi connectivity index (χ2v) is 3.62. The Morgan fingerprint density at radius 2 is 1.46 bits per heavy atom. The van der Waals surface area contributed by atoms with Crippen LogP contribution in [0, 0.1) is 0 Å². The predicted molar refractivity (Wildman–Crippen MR) is 60.8 cm³/mol. The zero-order valence-electron chi connectivity index (χ0n) is 9.10. The topological polar surface area (TPSA) is 26.0 Å². The molecule has 0 aromatic carbocycles. The van der Waals surface area contributed by atoms with Crippen LogP contribution in [0.4, 0.5) is 0 Å². The molecular weight excluding hydrogens is 158 g/mol. The molecule has 0 saturated carbocycles.